The van der Waals surface area contributed by atoms with Gasteiger partial charge in [-0.05, 0) is 25.1 Å². The highest BCUT2D eigenvalue weighted by Gasteiger charge is 2.01. The minimum absolute atomic E-state index is 0.954. The van der Waals surface area contributed by atoms with Crippen molar-refractivity contribution in [1.29, 1.82) is 0 Å². The Morgan fingerprint density at radius 3 is 2.80 bits per heavy atom. The van der Waals surface area contributed by atoms with Gasteiger partial charge in [0, 0.05) is 17.0 Å². The molecule has 0 saturated carbocycles. The third kappa shape index (κ3) is 1.26. The van der Waals surface area contributed by atoms with E-state index in [-0.39, 0.29) is 0 Å². The quantitative estimate of drug-likeness (QED) is 0.514. The molecule has 1 aromatic carbocycles. The van der Waals surface area contributed by atoms with Crippen LogP contribution in [0.15, 0.2) is 42.7 Å². The van der Waals surface area contributed by atoms with Crippen molar-refractivity contribution in [1.82, 2.24) is 9.97 Å². The fourth-order valence-electron chi connectivity index (χ4n) is 1.86. The number of benzene rings is 1. The minimum Gasteiger partial charge on any atom is -0.255 e. The van der Waals surface area contributed by atoms with Crippen LogP contribution in [0.5, 0.6) is 0 Å². The number of nitrogens with zero attached hydrogens (tertiary/aromatic N) is 2. The largest absolute Gasteiger partial charge is 0.255 e. The summed E-state index contributed by atoms with van der Waals surface area (Å²) in [4.78, 5) is 8.69. The molecule has 0 bridgehead atoms. The van der Waals surface area contributed by atoms with Crippen LogP contribution >= 0.6 is 0 Å². The fraction of sp³-hybridized carbons (Fsp3) is 0.0769. The first kappa shape index (κ1) is 8.36. The molecule has 72 valence electrons. The molecule has 3 aromatic rings. The summed E-state index contributed by atoms with van der Waals surface area (Å²) in [7, 11) is 0. The van der Waals surface area contributed by atoms with Gasteiger partial charge in [0.05, 0.1) is 17.2 Å². The van der Waals surface area contributed by atoms with Crippen LogP contribution in [0.4, 0.5) is 0 Å². The van der Waals surface area contributed by atoms with Crippen molar-refractivity contribution in [3.8, 4) is 0 Å². The average Bonchev–Trinajstić information content (AvgIpc) is 2.29. The van der Waals surface area contributed by atoms with E-state index in [1.165, 1.54) is 16.3 Å². The van der Waals surface area contributed by atoms with Crippen molar-refractivity contribution in [2.45, 2.75) is 6.92 Å². The highest BCUT2D eigenvalue weighted by Crippen LogP contribution is 2.22. The van der Waals surface area contributed by atoms with Gasteiger partial charge < -0.3 is 0 Å². The minimum atomic E-state index is 0.954. The Morgan fingerprint density at radius 1 is 0.933 bits per heavy atom. The Hall–Kier alpha value is -1.96. The highest BCUT2D eigenvalue weighted by atomic mass is 14.7. The molecule has 0 aliphatic carbocycles. The average molecular weight is 194 g/mol. The molecule has 0 amide bonds. The number of hydrogen-bond donors (Lipinski definition) is 0. The predicted molar refractivity (Wildman–Crippen MR) is 61.8 cm³/mol. The highest BCUT2D eigenvalue weighted by molar-refractivity contribution is 6.03. The van der Waals surface area contributed by atoms with E-state index in [4.69, 9.17) is 0 Å². The lowest BCUT2D eigenvalue weighted by molar-refractivity contribution is 1.35. The summed E-state index contributed by atoms with van der Waals surface area (Å²) < 4.78 is 0. The van der Waals surface area contributed by atoms with Gasteiger partial charge in [-0.15, -0.1) is 0 Å². The number of fused-ring (bicyclic) bond motifs is 3. The summed E-state index contributed by atoms with van der Waals surface area (Å²) in [5, 5.41) is 2.35. The smallest absolute Gasteiger partial charge is 0.0891 e. The lowest BCUT2D eigenvalue weighted by Crippen LogP contribution is -1.84. The molecule has 0 N–H and O–H groups in total. The monoisotopic (exact) mass is 194 g/mol. The van der Waals surface area contributed by atoms with Crippen LogP contribution in [0.25, 0.3) is 21.8 Å². The predicted octanol–water partition coefficient (Wildman–Crippen LogP) is 3.09. The summed E-state index contributed by atoms with van der Waals surface area (Å²) in [5.74, 6) is 0. The SMILES string of the molecule is Cc1ccc2ncc3ncccc3c2c1. The topological polar surface area (TPSA) is 25.8 Å². The molecule has 2 heterocycles. The van der Waals surface area contributed by atoms with Crippen LogP contribution in [0.3, 0.4) is 0 Å². The summed E-state index contributed by atoms with van der Waals surface area (Å²) >= 11 is 0. The van der Waals surface area contributed by atoms with Gasteiger partial charge in [0.2, 0.25) is 0 Å². The van der Waals surface area contributed by atoms with Crippen molar-refractivity contribution < 1.29 is 0 Å². The summed E-state index contributed by atoms with van der Waals surface area (Å²) in [6.45, 7) is 2.09. The summed E-state index contributed by atoms with van der Waals surface area (Å²) in [6, 6.07) is 10.3. The Bertz CT molecular complexity index is 644. The maximum atomic E-state index is 4.39. The van der Waals surface area contributed by atoms with E-state index in [2.05, 4.69) is 41.2 Å². The molecule has 0 radical (unpaired) electrons. The standard InChI is InChI=1S/C13H10N2/c1-9-4-5-12-11(7-9)10-3-2-6-14-13(10)8-15-12/h2-8H,1H3. The molecule has 3 rings (SSSR count). The molecule has 0 unspecified atom stereocenters. The van der Waals surface area contributed by atoms with E-state index in [1.807, 2.05) is 12.3 Å². The van der Waals surface area contributed by atoms with Crippen LogP contribution < -0.4 is 0 Å². The van der Waals surface area contributed by atoms with Crippen LogP contribution in [0.1, 0.15) is 5.56 Å². The van der Waals surface area contributed by atoms with E-state index in [0.717, 1.165) is 11.0 Å². The second kappa shape index (κ2) is 3.02. The van der Waals surface area contributed by atoms with Gasteiger partial charge in [-0.3, -0.25) is 9.97 Å². The van der Waals surface area contributed by atoms with E-state index in [9.17, 15) is 0 Å². The van der Waals surface area contributed by atoms with Gasteiger partial charge in [-0.2, -0.15) is 0 Å². The third-order valence-corrected chi connectivity index (χ3v) is 2.61. The van der Waals surface area contributed by atoms with Gasteiger partial charge in [-0.1, -0.05) is 17.7 Å². The molecule has 0 aliphatic heterocycles. The first-order chi connectivity index (χ1) is 7.34. The van der Waals surface area contributed by atoms with E-state index >= 15 is 0 Å². The molecule has 0 fully saturated rings. The molecule has 0 saturated heterocycles. The number of rotatable bonds is 0. The third-order valence-electron chi connectivity index (χ3n) is 2.61. The first-order valence-corrected chi connectivity index (χ1v) is 4.95. The second-order valence-corrected chi connectivity index (χ2v) is 3.72. The van der Waals surface area contributed by atoms with Gasteiger partial charge in [0.1, 0.15) is 0 Å². The zero-order valence-corrected chi connectivity index (χ0v) is 8.44. The molecule has 0 atom stereocenters. The van der Waals surface area contributed by atoms with Gasteiger partial charge in [0.15, 0.2) is 0 Å². The zero-order chi connectivity index (χ0) is 10.3. The zero-order valence-electron chi connectivity index (χ0n) is 8.44. The normalized spacial score (nSPS) is 11.0. The maximum Gasteiger partial charge on any atom is 0.0891 e. The molecule has 2 heteroatoms. The fourth-order valence-corrected chi connectivity index (χ4v) is 1.86. The van der Waals surface area contributed by atoms with E-state index in [0.29, 0.717) is 0 Å². The molecule has 15 heavy (non-hydrogen) atoms. The number of pyridine rings is 2. The lowest BCUT2D eigenvalue weighted by Gasteiger charge is -2.02. The van der Waals surface area contributed by atoms with Crippen LogP contribution in [0, 0.1) is 6.92 Å². The van der Waals surface area contributed by atoms with Crippen LogP contribution in [-0.4, -0.2) is 9.97 Å². The van der Waals surface area contributed by atoms with Crippen molar-refractivity contribution >= 4 is 21.8 Å². The molecule has 2 aromatic heterocycles. The molecule has 2 nitrogen and oxygen atoms in total. The van der Waals surface area contributed by atoms with Crippen LogP contribution in [0.2, 0.25) is 0 Å². The molecular formula is C13H10N2. The van der Waals surface area contributed by atoms with Crippen molar-refractivity contribution in [3.63, 3.8) is 0 Å². The Balaban J connectivity index is 2.57. The number of hydrogen-bond acceptors (Lipinski definition) is 2. The van der Waals surface area contributed by atoms with Crippen molar-refractivity contribution in [3.05, 3.63) is 48.3 Å². The van der Waals surface area contributed by atoms with Gasteiger partial charge >= 0.3 is 0 Å². The van der Waals surface area contributed by atoms with Crippen molar-refractivity contribution in [2.75, 3.05) is 0 Å². The van der Waals surface area contributed by atoms with E-state index < -0.39 is 0 Å². The van der Waals surface area contributed by atoms with Crippen LogP contribution in [-0.2, 0) is 0 Å². The maximum absolute atomic E-state index is 4.39. The Labute approximate surface area is 87.6 Å². The summed E-state index contributed by atoms with van der Waals surface area (Å²) in [6.07, 6.45) is 3.62. The van der Waals surface area contributed by atoms with Gasteiger partial charge in [0.25, 0.3) is 0 Å². The number of aryl methyl sites for hydroxylation is 1. The van der Waals surface area contributed by atoms with Gasteiger partial charge in [-0.25, -0.2) is 0 Å². The van der Waals surface area contributed by atoms with Crippen molar-refractivity contribution in [2.24, 2.45) is 0 Å². The molecular weight excluding hydrogens is 184 g/mol. The lowest BCUT2D eigenvalue weighted by atomic mass is 10.1. The first-order valence-electron chi connectivity index (χ1n) is 4.95. The number of aromatic nitrogens is 2. The van der Waals surface area contributed by atoms with E-state index in [1.54, 1.807) is 6.20 Å². The second-order valence-electron chi connectivity index (χ2n) is 3.72. The summed E-state index contributed by atoms with van der Waals surface area (Å²) in [5.41, 5.74) is 3.23. The molecule has 0 spiro atoms. The Kier molecular flexibility index (Phi) is 1.68. The molecule has 0 aliphatic rings. The Morgan fingerprint density at radius 2 is 1.87 bits per heavy atom.